The fourth-order valence-electron chi connectivity index (χ4n) is 4.61. The van der Waals surface area contributed by atoms with Gasteiger partial charge in [-0.25, -0.2) is 9.37 Å². The molecule has 4 rings (SSSR count). The van der Waals surface area contributed by atoms with Gasteiger partial charge in [0.05, 0.1) is 6.33 Å². The summed E-state index contributed by atoms with van der Waals surface area (Å²) >= 11 is 0. The van der Waals surface area contributed by atoms with Gasteiger partial charge in [-0.1, -0.05) is 12.1 Å². The maximum absolute atomic E-state index is 13.1. The van der Waals surface area contributed by atoms with Crippen LogP contribution in [0.4, 0.5) is 4.39 Å². The molecule has 2 aromatic rings. The van der Waals surface area contributed by atoms with Gasteiger partial charge in [-0.3, -0.25) is 9.69 Å². The molecule has 0 aliphatic carbocycles. The second-order valence-corrected chi connectivity index (χ2v) is 8.08. The van der Waals surface area contributed by atoms with Crippen LogP contribution in [0.5, 0.6) is 0 Å². The van der Waals surface area contributed by atoms with E-state index in [1.807, 2.05) is 23.2 Å². The highest BCUT2D eigenvalue weighted by atomic mass is 19.1. The molecular formula is C21H27FN4O. The Labute approximate surface area is 159 Å². The number of likely N-dealkylation sites (tertiary alicyclic amines) is 2. The van der Waals surface area contributed by atoms with Crippen molar-refractivity contribution in [3.8, 4) is 0 Å². The first-order valence-electron chi connectivity index (χ1n) is 9.84. The van der Waals surface area contributed by atoms with Crippen LogP contribution in [-0.2, 0) is 17.8 Å². The van der Waals surface area contributed by atoms with E-state index < -0.39 is 0 Å². The molecule has 0 bridgehead atoms. The van der Waals surface area contributed by atoms with Crippen LogP contribution < -0.4 is 0 Å². The highest BCUT2D eigenvalue weighted by molar-refractivity contribution is 5.77. The fourth-order valence-corrected chi connectivity index (χ4v) is 4.61. The fraction of sp³-hybridized carbons (Fsp3) is 0.524. The standard InChI is InChI=1S/C21H27FN4O/c22-18-4-2-17(3-5-18)13-25-10-1-8-21(14-25)9-6-20(27)26(15-21)11-7-19-12-23-16-24-19/h2-5,12,16H,1,6-11,13-15H2,(H,23,24). The number of imidazole rings is 1. The largest absolute Gasteiger partial charge is 0.348 e. The molecule has 3 heterocycles. The number of amides is 1. The summed E-state index contributed by atoms with van der Waals surface area (Å²) in [7, 11) is 0. The smallest absolute Gasteiger partial charge is 0.222 e. The molecule has 1 atom stereocenters. The minimum atomic E-state index is -0.187. The third-order valence-electron chi connectivity index (χ3n) is 6.01. The number of aromatic nitrogens is 2. The number of hydrogen-bond acceptors (Lipinski definition) is 3. The molecule has 144 valence electrons. The number of nitrogens with zero attached hydrogens (tertiary/aromatic N) is 3. The number of aromatic amines is 1. The van der Waals surface area contributed by atoms with Crippen molar-refractivity contribution >= 4 is 5.91 Å². The topological polar surface area (TPSA) is 52.2 Å². The number of carbonyl (C=O) groups excluding carboxylic acids is 1. The zero-order valence-corrected chi connectivity index (χ0v) is 15.7. The molecule has 1 unspecified atom stereocenters. The number of H-pyrrole nitrogens is 1. The molecule has 2 aliphatic heterocycles. The molecule has 1 N–H and O–H groups in total. The average molecular weight is 370 g/mol. The zero-order valence-electron chi connectivity index (χ0n) is 15.7. The summed E-state index contributed by atoms with van der Waals surface area (Å²) in [6, 6.07) is 6.81. The van der Waals surface area contributed by atoms with Crippen LogP contribution in [0.2, 0.25) is 0 Å². The number of hydrogen-bond donors (Lipinski definition) is 1. The molecule has 2 saturated heterocycles. The first-order chi connectivity index (χ1) is 13.1. The summed E-state index contributed by atoms with van der Waals surface area (Å²) in [5.41, 5.74) is 2.42. The Hall–Kier alpha value is -2.21. The molecule has 1 aromatic heterocycles. The van der Waals surface area contributed by atoms with Gasteiger partial charge in [-0.05, 0) is 43.5 Å². The Morgan fingerprint density at radius 2 is 2.04 bits per heavy atom. The van der Waals surface area contributed by atoms with Crippen molar-refractivity contribution in [3.63, 3.8) is 0 Å². The van der Waals surface area contributed by atoms with Crippen LogP contribution in [0.3, 0.4) is 0 Å². The van der Waals surface area contributed by atoms with E-state index in [1.165, 1.54) is 18.6 Å². The van der Waals surface area contributed by atoms with Gasteiger partial charge in [-0.15, -0.1) is 0 Å². The van der Waals surface area contributed by atoms with Crippen molar-refractivity contribution in [1.29, 1.82) is 0 Å². The molecule has 1 spiro atoms. The van der Waals surface area contributed by atoms with Crippen LogP contribution in [0.25, 0.3) is 0 Å². The number of halogens is 1. The van der Waals surface area contributed by atoms with Gasteiger partial charge in [0.1, 0.15) is 5.82 Å². The predicted molar refractivity (Wildman–Crippen MR) is 101 cm³/mol. The predicted octanol–water partition coefficient (Wildman–Crippen LogP) is 3.00. The highest BCUT2D eigenvalue weighted by Gasteiger charge is 2.41. The summed E-state index contributed by atoms with van der Waals surface area (Å²) in [6.45, 7) is 4.53. The van der Waals surface area contributed by atoms with Crippen molar-refractivity contribution in [2.75, 3.05) is 26.2 Å². The number of nitrogens with one attached hydrogen (secondary N) is 1. The summed E-state index contributed by atoms with van der Waals surface area (Å²) in [6.07, 6.45) is 8.30. The average Bonchev–Trinajstić information content (AvgIpc) is 3.19. The van der Waals surface area contributed by atoms with Crippen LogP contribution in [0.15, 0.2) is 36.8 Å². The Balaban J connectivity index is 1.38. The number of rotatable bonds is 5. The second-order valence-electron chi connectivity index (χ2n) is 8.08. The molecule has 5 nitrogen and oxygen atoms in total. The summed E-state index contributed by atoms with van der Waals surface area (Å²) < 4.78 is 13.1. The van der Waals surface area contributed by atoms with Crippen LogP contribution >= 0.6 is 0 Å². The lowest BCUT2D eigenvalue weighted by atomic mass is 9.73. The molecule has 27 heavy (non-hydrogen) atoms. The lowest BCUT2D eigenvalue weighted by Gasteiger charge is -2.48. The Kier molecular flexibility index (Phi) is 5.25. The van der Waals surface area contributed by atoms with Gasteiger partial charge in [0, 0.05) is 56.3 Å². The summed E-state index contributed by atoms with van der Waals surface area (Å²) in [4.78, 5) is 24.1. The SMILES string of the molecule is O=C1CCC2(CCCN(Cc3ccc(F)cc3)C2)CN1CCc1cnc[nH]1. The van der Waals surface area contributed by atoms with Gasteiger partial charge in [0.15, 0.2) is 0 Å². The minimum absolute atomic E-state index is 0.187. The van der Waals surface area contributed by atoms with Gasteiger partial charge >= 0.3 is 0 Å². The van der Waals surface area contributed by atoms with Crippen molar-refractivity contribution in [2.45, 2.75) is 38.6 Å². The highest BCUT2D eigenvalue weighted by Crippen LogP contribution is 2.39. The summed E-state index contributed by atoms with van der Waals surface area (Å²) in [5, 5.41) is 0. The molecule has 0 radical (unpaired) electrons. The van der Waals surface area contributed by atoms with E-state index in [0.717, 1.165) is 63.2 Å². The molecule has 0 saturated carbocycles. The number of carbonyl (C=O) groups is 1. The number of benzene rings is 1. The molecule has 1 aromatic carbocycles. The second kappa shape index (κ2) is 7.80. The van der Waals surface area contributed by atoms with E-state index in [2.05, 4.69) is 14.9 Å². The molecule has 2 aliphatic rings. The maximum atomic E-state index is 13.1. The Morgan fingerprint density at radius 3 is 2.81 bits per heavy atom. The first-order valence-corrected chi connectivity index (χ1v) is 9.84. The van der Waals surface area contributed by atoms with E-state index in [1.54, 1.807) is 6.33 Å². The maximum Gasteiger partial charge on any atom is 0.222 e. The van der Waals surface area contributed by atoms with Gasteiger partial charge < -0.3 is 9.88 Å². The van der Waals surface area contributed by atoms with Crippen molar-refractivity contribution in [1.82, 2.24) is 19.8 Å². The first kappa shape index (κ1) is 18.2. The van der Waals surface area contributed by atoms with Crippen LogP contribution in [-0.4, -0.2) is 51.9 Å². The normalized spacial score (nSPS) is 23.9. The van der Waals surface area contributed by atoms with Gasteiger partial charge in [0.25, 0.3) is 0 Å². The van der Waals surface area contributed by atoms with Crippen molar-refractivity contribution < 1.29 is 9.18 Å². The third-order valence-corrected chi connectivity index (χ3v) is 6.01. The van der Waals surface area contributed by atoms with Crippen LogP contribution in [0, 0.1) is 11.2 Å². The van der Waals surface area contributed by atoms with Crippen molar-refractivity contribution in [3.05, 3.63) is 53.9 Å². The van der Waals surface area contributed by atoms with Crippen molar-refractivity contribution in [2.24, 2.45) is 5.41 Å². The number of piperidine rings is 2. The minimum Gasteiger partial charge on any atom is -0.348 e. The molecular weight excluding hydrogens is 343 g/mol. The summed E-state index contributed by atoms with van der Waals surface area (Å²) in [5.74, 6) is 0.0864. The molecule has 2 fully saturated rings. The van der Waals surface area contributed by atoms with Gasteiger partial charge in [0.2, 0.25) is 5.91 Å². The Bertz CT molecular complexity index is 761. The zero-order chi connectivity index (χ0) is 18.7. The van der Waals surface area contributed by atoms with E-state index in [9.17, 15) is 9.18 Å². The lowest BCUT2D eigenvalue weighted by Crippen LogP contribution is -2.54. The Morgan fingerprint density at radius 1 is 1.19 bits per heavy atom. The monoisotopic (exact) mass is 370 g/mol. The van der Waals surface area contributed by atoms with E-state index >= 15 is 0 Å². The third kappa shape index (κ3) is 4.38. The lowest BCUT2D eigenvalue weighted by molar-refractivity contribution is -0.139. The molecule has 6 heteroatoms. The van der Waals surface area contributed by atoms with E-state index in [-0.39, 0.29) is 17.1 Å². The van der Waals surface area contributed by atoms with Crippen LogP contribution in [0.1, 0.15) is 36.9 Å². The molecule has 1 amide bonds. The van der Waals surface area contributed by atoms with Gasteiger partial charge in [-0.2, -0.15) is 0 Å². The van der Waals surface area contributed by atoms with E-state index in [4.69, 9.17) is 0 Å². The quantitative estimate of drug-likeness (QED) is 0.880. The van der Waals surface area contributed by atoms with E-state index in [0.29, 0.717) is 6.42 Å².